The predicted octanol–water partition coefficient (Wildman–Crippen LogP) is 2.22. The monoisotopic (exact) mass is 424 g/mol. The van der Waals surface area contributed by atoms with Crippen LogP contribution in [0.25, 0.3) is 6.08 Å². The van der Waals surface area contributed by atoms with Gasteiger partial charge in [-0.15, -0.1) is 0 Å². The van der Waals surface area contributed by atoms with Gasteiger partial charge in [0.05, 0.1) is 19.9 Å². The van der Waals surface area contributed by atoms with Crippen molar-refractivity contribution >= 4 is 35.6 Å². The Morgan fingerprint density at radius 1 is 1.03 bits per heavy atom. The predicted molar refractivity (Wildman–Crippen MR) is 111 cm³/mol. The fraction of sp³-hybridized carbons (Fsp3) is 0.182. The third kappa shape index (κ3) is 4.72. The number of anilines is 1. The lowest BCUT2D eigenvalue weighted by Gasteiger charge is -2.26. The number of imide groups is 2. The number of aryl methyl sites for hydroxylation is 1. The maximum absolute atomic E-state index is 12.9. The van der Waals surface area contributed by atoms with Gasteiger partial charge in [0.25, 0.3) is 11.8 Å². The zero-order valence-electron chi connectivity index (χ0n) is 17.1. The highest BCUT2D eigenvalue weighted by molar-refractivity contribution is 6.39. The van der Waals surface area contributed by atoms with Gasteiger partial charge in [-0.25, -0.2) is 14.5 Å². The molecule has 0 radical (unpaired) electrons. The normalized spacial score (nSPS) is 15.0. The molecule has 0 aromatic heterocycles. The lowest BCUT2D eigenvalue weighted by atomic mass is 10.1. The molecule has 1 heterocycles. The average Bonchev–Trinajstić information content (AvgIpc) is 2.76. The van der Waals surface area contributed by atoms with E-state index in [1.165, 1.54) is 32.4 Å². The van der Waals surface area contributed by atoms with E-state index in [1.807, 2.05) is 6.92 Å². The number of nitrogens with one attached hydrogen (secondary N) is 1. The molecule has 160 valence electrons. The second-order valence-corrected chi connectivity index (χ2v) is 6.57. The lowest BCUT2D eigenvalue weighted by Crippen LogP contribution is -2.54. The van der Waals surface area contributed by atoms with Gasteiger partial charge in [-0.3, -0.25) is 14.9 Å². The van der Waals surface area contributed by atoms with E-state index in [0.29, 0.717) is 11.3 Å². The molecule has 9 heteroatoms. The number of amides is 4. The van der Waals surface area contributed by atoms with Crippen molar-refractivity contribution in [2.75, 3.05) is 25.7 Å². The van der Waals surface area contributed by atoms with E-state index in [-0.39, 0.29) is 23.7 Å². The Bertz CT molecular complexity index is 1070. The molecule has 4 amide bonds. The van der Waals surface area contributed by atoms with Crippen molar-refractivity contribution in [3.63, 3.8) is 0 Å². The number of methoxy groups -OCH3 is 2. The smallest absolute Gasteiger partial charge is 0.343 e. The number of hydrogen-bond donors (Lipinski definition) is 1. The van der Waals surface area contributed by atoms with Gasteiger partial charge >= 0.3 is 12.0 Å². The van der Waals surface area contributed by atoms with E-state index in [2.05, 4.69) is 10.1 Å². The molecular weight excluding hydrogens is 404 g/mol. The molecular formula is C22H20N2O7. The van der Waals surface area contributed by atoms with Gasteiger partial charge in [0.1, 0.15) is 5.57 Å². The number of benzene rings is 2. The van der Waals surface area contributed by atoms with Crippen LogP contribution in [0, 0.1) is 6.92 Å². The first kappa shape index (κ1) is 21.6. The molecule has 1 fully saturated rings. The number of ether oxygens (including phenoxy) is 3. The Balaban J connectivity index is 1.91. The van der Waals surface area contributed by atoms with Gasteiger partial charge in [-0.1, -0.05) is 23.8 Å². The number of rotatable bonds is 6. The van der Waals surface area contributed by atoms with Crippen molar-refractivity contribution in [2.45, 2.75) is 6.92 Å². The highest BCUT2D eigenvalue weighted by Gasteiger charge is 2.36. The zero-order valence-corrected chi connectivity index (χ0v) is 17.1. The van der Waals surface area contributed by atoms with Crippen LogP contribution in [-0.4, -0.2) is 44.6 Å². The Morgan fingerprint density at radius 3 is 2.39 bits per heavy atom. The van der Waals surface area contributed by atoms with Crippen LogP contribution in [0.3, 0.4) is 0 Å². The summed E-state index contributed by atoms with van der Waals surface area (Å²) in [5, 5.41) is 2.17. The van der Waals surface area contributed by atoms with Crippen molar-refractivity contribution in [3.8, 4) is 11.5 Å². The second kappa shape index (κ2) is 9.12. The molecule has 1 saturated heterocycles. The van der Waals surface area contributed by atoms with Crippen molar-refractivity contribution < 1.29 is 33.4 Å². The molecule has 2 aromatic rings. The number of carbonyl (C=O) groups excluding carboxylic acids is 4. The first-order valence-electron chi connectivity index (χ1n) is 9.20. The highest BCUT2D eigenvalue weighted by Crippen LogP contribution is 2.30. The van der Waals surface area contributed by atoms with E-state index in [1.54, 1.807) is 30.3 Å². The van der Waals surface area contributed by atoms with Crippen LogP contribution in [0.2, 0.25) is 0 Å². The molecule has 1 aliphatic rings. The summed E-state index contributed by atoms with van der Waals surface area (Å²) in [5.74, 6) is -1.54. The Hall–Kier alpha value is -4.14. The SMILES string of the molecule is COC(=O)COc1ccc(/C=C2\C(=O)NC(=O)N(c3ccc(C)cc3)C2=O)cc1OC. The van der Waals surface area contributed by atoms with Crippen molar-refractivity contribution in [2.24, 2.45) is 0 Å². The fourth-order valence-electron chi connectivity index (χ4n) is 2.84. The number of barbiturate groups is 1. The maximum atomic E-state index is 12.9. The second-order valence-electron chi connectivity index (χ2n) is 6.57. The first-order chi connectivity index (χ1) is 14.8. The van der Waals surface area contributed by atoms with Crippen LogP contribution in [0.1, 0.15) is 11.1 Å². The lowest BCUT2D eigenvalue weighted by molar-refractivity contribution is -0.143. The summed E-state index contributed by atoms with van der Waals surface area (Å²) in [4.78, 5) is 49.7. The van der Waals surface area contributed by atoms with Crippen LogP contribution in [0.15, 0.2) is 48.0 Å². The summed E-state index contributed by atoms with van der Waals surface area (Å²) < 4.78 is 15.1. The molecule has 0 bridgehead atoms. The van der Waals surface area contributed by atoms with Gasteiger partial charge in [0.15, 0.2) is 18.1 Å². The van der Waals surface area contributed by atoms with E-state index in [0.717, 1.165) is 10.5 Å². The molecule has 2 aromatic carbocycles. The summed E-state index contributed by atoms with van der Waals surface area (Å²) in [6, 6.07) is 10.6. The topological polar surface area (TPSA) is 111 Å². The van der Waals surface area contributed by atoms with Crippen LogP contribution in [0.5, 0.6) is 11.5 Å². The Kier molecular flexibility index (Phi) is 6.35. The van der Waals surface area contributed by atoms with E-state index in [9.17, 15) is 19.2 Å². The largest absolute Gasteiger partial charge is 0.493 e. The number of urea groups is 1. The zero-order chi connectivity index (χ0) is 22.5. The van der Waals surface area contributed by atoms with E-state index >= 15 is 0 Å². The first-order valence-corrected chi connectivity index (χ1v) is 9.20. The third-order valence-electron chi connectivity index (χ3n) is 4.47. The Morgan fingerprint density at radius 2 is 1.74 bits per heavy atom. The average molecular weight is 424 g/mol. The standard InChI is InChI=1S/C22H20N2O7/c1-13-4-7-15(8-5-13)24-21(27)16(20(26)23-22(24)28)10-14-6-9-17(18(11-14)29-2)31-12-19(25)30-3/h4-11H,12H2,1-3H3,(H,23,26,28)/b16-10+. The Labute approximate surface area is 178 Å². The van der Waals surface area contributed by atoms with E-state index < -0.39 is 23.8 Å². The molecule has 31 heavy (non-hydrogen) atoms. The minimum absolute atomic E-state index is 0.217. The highest BCUT2D eigenvalue weighted by atomic mass is 16.6. The van der Waals surface area contributed by atoms with Crippen LogP contribution in [0.4, 0.5) is 10.5 Å². The van der Waals surface area contributed by atoms with Gasteiger partial charge in [-0.05, 0) is 42.8 Å². The summed E-state index contributed by atoms with van der Waals surface area (Å²) in [6.45, 7) is 1.57. The molecule has 0 unspecified atom stereocenters. The van der Waals surface area contributed by atoms with Gasteiger partial charge in [-0.2, -0.15) is 0 Å². The molecule has 0 atom stereocenters. The molecule has 0 saturated carbocycles. The quantitative estimate of drug-likeness (QED) is 0.430. The number of hydrogen-bond acceptors (Lipinski definition) is 7. The van der Waals surface area contributed by atoms with Crippen molar-refractivity contribution in [1.82, 2.24) is 5.32 Å². The van der Waals surface area contributed by atoms with Crippen molar-refractivity contribution in [3.05, 3.63) is 59.2 Å². The van der Waals surface area contributed by atoms with Gasteiger partial charge < -0.3 is 14.2 Å². The number of carbonyl (C=O) groups is 4. The molecule has 1 N–H and O–H groups in total. The van der Waals surface area contributed by atoms with Gasteiger partial charge in [0, 0.05) is 0 Å². The number of nitrogens with zero attached hydrogens (tertiary/aromatic N) is 1. The third-order valence-corrected chi connectivity index (χ3v) is 4.47. The van der Waals surface area contributed by atoms with Crippen LogP contribution in [-0.2, 0) is 19.1 Å². The summed E-state index contributed by atoms with van der Waals surface area (Å²) >= 11 is 0. The molecule has 0 spiro atoms. The summed E-state index contributed by atoms with van der Waals surface area (Å²) in [5.41, 5.74) is 1.54. The van der Waals surface area contributed by atoms with Crippen LogP contribution < -0.4 is 19.7 Å². The molecule has 1 aliphatic heterocycles. The van der Waals surface area contributed by atoms with Crippen LogP contribution >= 0.6 is 0 Å². The van der Waals surface area contributed by atoms with Gasteiger partial charge in [0.2, 0.25) is 0 Å². The summed E-state index contributed by atoms with van der Waals surface area (Å²) in [7, 11) is 2.66. The fourth-order valence-corrected chi connectivity index (χ4v) is 2.84. The maximum Gasteiger partial charge on any atom is 0.343 e. The minimum Gasteiger partial charge on any atom is -0.493 e. The number of esters is 1. The molecule has 0 aliphatic carbocycles. The van der Waals surface area contributed by atoms with E-state index in [4.69, 9.17) is 9.47 Å². The summed E-state index contributed by atoms with van der Waals surface area (Å²) in [6.07, 6.45) is 1.35. The molecule has 9 nitrogen and oxygen atoms in total. The van der Waals surface area contributed by atoms with Crippen molar-refractivity contribution in [1.29, 1.82) is 0 Å². The minimum atomic E-state index is -0.819. The molecule has 3 rings (SSSR count).